The molecule has 1 aromatic heterocycles. The van der Waals surface area contributed by atoms with Crippen LogP contribution in [-0.2, 0) is 11.2 Å². The van der Waals surface area contributed by atoms with Crippen molar-refractivity contribution in [1.29, 1.82) is 0 Å². The van der Waals surface area contributed by atoms with Crippen LogP contribution in [0.25, 0.3) is 11.3 Å². The molecular formula is C18H14N2O4. The molecule has 0 atom stereocenters. The maximum Gasteiger partial charge on any atom is 0.307 e. The number of aromatic nitrogens is 1. The van der Waals surface area contributed by atoms with Crippen molar-refractivity contribution in [3.8, 4) is 11.3 Å². The Morgan fingerprint density at radius 2 is 1.75 bits per heavy atom. The number of benzene rings is 2. The van der Waals surface area contributed by atoms with E-state index >= 15 is 0 Å². The number of carbonyl (C=O) groups is 2. The highest BCUT2D eigenvalue weighted by Gasteiger charge is 2.14. The van der Waals surface area contributed by atoms with Gasteiger partial charge >= 0.3 is 5.97 Å². The average Bonchev–Trinajstić information content (AvgIpc) is 3.07. The molecule has 3 rings (SSSR count). The monoisotopic (exact) mass is 322 g/mol. The fourth-order valence-electron chi connectivity index (χ4n) is 2.20. The summed E-state index contributed by atoms with van der Waals surface area (Å²) in [5.41, 5.74) is 2.22. The quantitative estimate of drug-likeness (QED) is 0.752. The van der Waals surface area contributed by atoms with Crippen LogP contribution in [0.4, 0.5) is 5.69 Å². The lowest BCUT2D eigenvalue weighted by molar-refractivity contribution is -0.136. The van der Waals surface area contributed by atoms with E-state index < -0.39 is 11.9 Å². The van der Waals surface area contributed by atoms with E-state index in [4.69, 9.17) is 9.63 Å². The number of carbonyl (C=O) groups excluding carboxylic acids is 1. The zero-order valence-corrected chi connectivity index (χ0v) is 12.6. The van der Waals surface area contributed by atoms with Gasteiger partial charge < -0.3 is 14.9 Å². The maximum atomic E-state index is 12.2. The summed E-state index contributed by atoms with van der Waals surface area (Å²) in [6, 6.07) is 17.5. The first kappa shape index (κ1) is 15.5. The molecule has 0 saturated heterocycles. The number of nitrogens with zero attached hydrogens (tertiary/aromatic N) is 1. The molecule has 1 heterocycles. The van der Waals surface area contributed by atoms with Crippen molar-refractivity contribution < 1.29 is 19.2 Å². The molecule has 120 valence electrons. The van der Waals surface area contributed by atoms with Gasteiger partial charge in [-0.1, -0.05) is 47.6 Å². The van der Waals surface area contributed by atoms with Crippen molar-refractivity contribution in [3.63, 3.8) is 0 Å². The summed E-state index contributed by atoms with van der Waals surface area (Å²) in [4.78, 5) is 22.8. The number of aliphatic carboxylic acids is 1. The predicted molar refractivity (Wildman–Crippen MR) is 87.7 cm³/mol. The van der Waals surface area contributed by atoms with Crippen LogP contribution in [0.5, 0.6) is 0 Å². The van der Waals surface area contributed by atoms with Crippen LogP contribution in [0.3, 0.4) is 0 Å². The number of nitrogens with one attached hydrogen (secondary N) is 1. The molecule has 0 saturated carbocycles. The molecule has 0 aliphatic rings. The van der Waals surface area contributed by atoms with E-state index in [2.05, 4.69) is 10.5 Å². The molecule has 6 heteroatoms. The topological polar surface area (TPSA) is 92.4 Å². The zero-order valence-electron chi connectivity index (χ0n) is 12.6. The highest BCUT2D eigenvalue weighted by Crippen LogP contribution is 2.20. The van der Waals surface area contributed by atoms with E-state index in [1.165, 1.54) is 0 Å². The lowest BCUT2D eigenvalue weighted by atomic mass is 10.1. The van der Waals surface area contributed by atoms with Gasteiger partial charge in [0.1, 0.15) is 0 Å². The van der Waals surface area contributed by atoms with E-state index in [0.29, 0.717) is 17.0 Å². The second kappa shape index (κ2) is 6.78. The average molecular weight is 322 g/mol. The molecule has 0 bridgehead atoms. The Morgan fingerprint density at radius 3 is 2.42 bits per heavy atom. The lowest BCUT2D eigenvalue weighted by Gasteiger charge is -2.03. The van der Waals surface area contributed by atoms with E-state index in [9.17, 15) is 9.59 Å². The van der Waals surface area contributed by atoms with Gasteiger partial charge in [-0.2, -0.15) is 0 Å². The molecule has 0 fully saturated rings. The number of anilines is 1. The van der Waals surface area contributed by atoms with Gasteiger partial charge in [-0.05, 0) is 17.7 Å². The van der Waals surface area contributed by atoms with Crippen LogP contribution >= 0.6 is 0 Å². The molecular weight excluding hydrogens is 308 g/mol. The summed E-state index contributed by atoms with van der Waals surface area (Å²) in [5, 5.41) is 15.2. The molecule has 0 aliphatic heterocycles. The van der Waals surface area contributed by atoms with Gasteiger partial charge in [0.05, 0.1) is 6.42 Å². The predicted octanol–water partition coefficient (Wildman–Crippen LogP) is 3.22. The van der Waals surface area contributed by atoms with E-state index in [1.807, 2.05) is 30.3 Å². The lowest BCUT2D eigenvalue weighted by Crippen LogP contribution is -2.12. The minimum Gasteiger partial charge on any atom is -0.481 e. The molecule has 3 aromatic rings. The molecule has 6 nitrogen and oxygen atoms in total. The summed E-state index contributed by atoms with van der Waals surface area (Å²) in [6.07, 6.45) is -0.0576. The van der Waals surface area contributed by atoms with Gasteiger partial charge in [0.2, 0.25) is 0 Å². The summed E-state index contributed by atoms with van der Waals surface area (Å²) < 4.78 is 5.20. The Balaban J connectivity index is 1.69. The second-order valence-electron chi connectivity index (χ2n) is 5.16. The Hall–Kier alpha value is -3.41. The SMILES string of the molecule is O=C(O)Cc1ccc(NC(=O)c2cc(-c3ccccc3)on2)cc1. The Labute approximate surface area is 137 Å². The summed E-state index contributed by atoms with van der Waals surface area (Å²) in [6.45, 7) is 0. The number of hydrogen-bond donors (Lipinski definition) is 2. The second-order valence-corrected chi connectivity index (χ2v) is 5.16. The third-order valence-electron chi connectivity index (χ3n) is 3.37. The molecule has 2 aromatic carbocycles. The summed E-state index contributed by atoms with van der Waals surface area (Å²) in [5.74, 6) is -0.785. The largest absolute Gasteiger partial charge is 0.481 e. The standard InChI is InChI=1S/C18H14N2O4/c21-17(22)10-12-6-8-14(9-7-12)19-18(23)15-11-16(24-20-15)13-4-2-1-3-5-13/h1-9,11H,10H2,(H,19,23)(H,21,22). The smallest absolute Gasteiger partial charge is 0.307 e. The van der Waals surface area contributed by atoms with E-state index in [-0.39, 0.29) is 12.1 Å². The fraction of sp³-hybridized carbons (Fsp3) is 0.0556. The molecule has 1 amide bonds. The molecule has 0 aliphatic carbocycles. The van der Waals surface area contributed by atoms with Crippen molar-refractivity contribution in [1.82, 2.24) is 5.16 Å². The van der Waals surface area contributed by atoms with Crippen LogP contribution in [0, 0.1) is 0 Å². The first-order chi connectivity index (χ1) is 11.6. The third-order valence-corrected chi connectivity index (χ3v) is 3.37. The molecule has 24 heavy (non-hydrogen) atoms. The number of hydrogen-bond acceptors (Lipinski definition) is 4. The molecule has 0 spiro atoms. The Kier molecular flexibility index (Phi) is 4.38. The highest BCUT2D eigenvalue weighted by atomic mass is 16.5. The van der Waals surface area contributed by atoms with Gasteiger partial charge in [-0.25, -0.2) is 0 Å². The van der Waals surface area contributed by atoms with Gasteiger partial charge in [0.15, 0.2) is 11.5 Å². The molecule has 0 radical (unpaired) electrons. The van der Waals surface area contributed by atoms with Crippen molar-refractivity contribution in [3.05, 3.63) is 71.9 Å². The van der Waals surface area contributed by atoms with Gasteiger partial charge in [0, 0.05) is 17.3 Å². The molecule has 2 N–H and O–H groups in total. The van der Waals surface area contributed by atoms with Crippen molar-refractivity contribution in [2.45, 2.75) is 6.42 Å². The van der Waals surface area contributed by atoms with Crippen molar-refractivity contribution in [2.24, 2.45) is 0 Å². The van der Waals surface area contributed by atoms with Crippen molar-refractivity contribution >= 4 is 17.6 Å². The fourth-order valence-corrected chi connectivity index (χ4v) is 2.20. The number of rotatable bonds is 5. The maximum absolute atomic E-state index is 12.2. The minimum absolute atomic E-state index is 0.0576. The Morgan fingerprint density at radius 1 is 1.04 bits per heavy atom. The summed E-state index contributed by atoms with van der Waals surface area (Å²) >= 11 is 0. The van der Waals surface area contributed by atoms with Crippen LogP contribution in [-0.4, -0.2) is 22.1 Å². The van der Waals surface area contributed by atoms with Crippen molar-refractivity contribution in [2.75, 3.05) is 5.32 Å². The summed E-state index contributed by atoms with van der Waals surface area (Å²) in [7, 11) is 0. The van der Waals surface area contributed by atoms with Crippen LogP contribution < -0.4 is 5.32 Å². The first-order valence-corrected chi connectivity index (χ1v) is 7.26. The van der Waals surface area contributed by atoms with Crippen LogP contribution in [0.15, 0.2) is 65.2 Å². The zero-order chi connectivity index (χ0) is 16.9. The first-order valence-electron chi connectivity index (χ1n) is 7.26. The third kappa shape index (κ3) is 3.67. The van der Waals surface area contributed by atoms with E-state index in [0.717, 1.165) is 5.56 Å². The van der Waals surface area contributed by atoms with Gasteiger partial charge in [-0.15, -0.1) is 0 Å². The number of carboxylic acid groups (broad SMARTS) is 1. The normalized spacial score (nSPS) is 10.3. The Bertz CT molecular complexity index is 854. The number of amides is 1. The highest BCUT2D eigenvalue weighted by molar-refractivity contribution is 6.03. The van der Waals surface area contributed by atoms with Gasteiger partial charge in [-0.3, -0.25) is 9.59 Å². The van der Waals surface area contributed by atoms with Crippen LogP contribution in [0.2, 0.25) is 0 Å². The van der Waals surface area contributed by atoms with E-state index in [1.54, 1.807) is 30.3 Å². The minimum atomic E-state index is -0.900. The van der Waals surface area contributed by atoms with Crippen LogP contribution in [0.1, 0.15) is 16.1 Å². The number of carboxylic acids is 1. The molecule has 0 unspecified atom stereocenters. The van der Waals surface area contributed by atoms with Gasteiger partial charge in [0.25, 0.3) is 5.91 Å².